The van der Waals surface area contributed by atoms with Crippen LogP contribution in [0.1, 0.15) is 52.9 Å². The Morgan fingerprint density at radius 3 is 2.44 bits per heavy atom. The van der Waals surface area contributed by atoms with E-state index in [2.05, 4.69) is 35.9 Å². The maximum atomic E-state index is 13.1. The maximum Gasteiger partial charge on any atom is 0.270 e. The van der Waals surface area contributed by atoms with E-state index in [4.69, 9.17) is 0 Å². The van der Waals surface area contributed by atoms with Gasteiger partial charge in [-0.2, -0.15) is 0 Å². The Hall–Kier alpha value is -1.85. The van der Waals surface area contributed by atoms with Crippen molar-refractivity contribution in [3.63, 3.8) is 0 Å². The molecule has 4 rings (SSSR count). The number of carbonyl (C=O) groups is 1. The molecule has 2 fully saturated rings. The fourth-order valence-corrected chi connectivity index (χ4v) is 4.80. The lowest BCUT2D eigenvalue weighted by Gasteiger charge is -2.40. The molecular formula is C22H31N3O2. The van der Waals surface area contributed by atoms with Crippen molar-refractivity contribution in [2.75, 3.05) is 32.7 Å². The highest BCUT2D eigenvalue weighted by molar-refractivity contribution is 6.01. The first kappa shape index (κ1) is 18.5. The number of H-pyrrole nitrogens is 1. The summed E-state index contributed by atoms with van der Waals surface area (Å²) in [6.07, 6.45) is 3.79. The molecule has 5 nitrogen and oxygen atoms in total. The molecule has 2 N–H and O–H groups in total. The van der Waals surface area contributed by atoms with E-state index in [1.54, 1.807) is 0 Å². The van der Waals surface area contributed by atoms with Gasteiger partial charge in [-0.1, -0.05) is 11.6 Å². The number of β-amino-alcohol motifs (C(OH)–C–C–N with tert-alkyl or cyclic N) is 1. The summed E-state index contributed by atoms with van der Waals surface area (Å²) in [5.74, 6) is 0.0592. The van der Waals surface area contributed by atoms with Crippen LogP contribution in [0.5, 0.6) is 0 Å². The number of likely N-dealkylation sites (tertiary alicyclic amines) is 2. The molecule has 0 saturated carbocycles. The highest BCUT2D eigenvalue weighted by atomic mass is 16.3. The van der Waals surface area contributed by atoms with Crippen LogP contribution in [0.4, 0.5) is 0 Å². The van der Waals surface area contributed by atoms with E-state index in [-0.39, 0.29) is 5.91 Å². The molecule has 1 amide bonds. The fourth-order valence-electron chi connectivity index (χ4n) is 4.80. The Morgan fingerprint density at radius 1 is 1.11 bits per heavy atom. The number of rotatable bonds is 3. The number of aromatic amines is 1. The summed E-state index contributed by atoms with van der Waals surface area (Å²) < 4.78 is 0. The van der Waals surface area contributed by atoms with Gasteiger partial charge in [0.15, 0.2) is 0 Å². The highest BCUT2D eigenvalue weighted by Crippen LogP contribution is 2.29. The molecule has 0 unspecified atom stereocenters. The third-order valence-corrected chi connectivity index (χ3v) is 6.42. The average Bonchev–Trinajstić information content (AvgIpc) is 3.23. The minimum atomic E-state index is -0.648. The zero-order chi connectivity index (χ0) is 19.2. The number of amides is 1. The summed E-state index contributed by atoms with van der Waals surface area (Å²) in [6.45, 7) is 10.4. The average molecular weight is 370 g/mol. The summed E-state index contributed by atoms with van der Waals surface area (Å²) in [6, 6.07) is 4.29. The third-order valence-electron chi connectivity index (χ3n) is 6.42. The number of benzene rings is 1. The van der Waals surface area contributed by atoms with Crippen molar-refractivity contribution < 1.29 is 9.90 Å². The van der Waals surface area contributed by atoms with E-state index in [0.29, 0.717) is 31.6 Å². The van der Waals surface area contributed by atoms with Crippen LogP contribution >= 0.6 is 0 Å². The van der Waals surface area contributed by atoms with Crippen LogP contribution in [0.2, 0.25) is 0 Å². The van der Waals surface area contributed by atoms with Crippen molar-refractivity contribution in [1.82, 2.24) is 14.8 Å². The predicted molar refractivity (Wildman–Crippen MR) is 108 cm³/mol. The van der Waals surface area contributed by atoms with Gasteiger partial charge in [0.1, 0.15) is 5.69 Å². The summed E-state index contributed by atoms with van der Waals surface area (Å²) in [4.78, 5) is 20.8. The number of aryl methyl sites for hydroxylation is 3. The van der Waals surface area contributed by atoms with Gasteiger partial charge in [-0.25, -0.2) is 0 Å². The van der Waals surface area contributed by atoms with Gasteiger partial charge in [0, 0.05) is 30.5 Å². The zero-order valence-corrected chi connectivity index (χ0v) is 16.8. The van der Waals surface area contributed by atoms with Crippen molar-refractivity contribution in [2.24, 2.45) is 0 Å². The van der Waals surface area contributed by atoms with Gasteiger partial charge in [-0.3, -0.25) is 4.79 Å². The number of aliphatic hydroxyl groups is 1. The number of fused-ring (bicyclic) bond motifs is 1. The number of nitrogens with one attached hydrogen (secondary N) is 1. The van der Waals surface area contributed by atoms with Gasteiger partial charge < -0.3 is 19.9 Å². The molecule has 3 heterocycles. The van der Waals surface area contributed by atoms with E-state index in [1.165, 1.54) is 24.0 Å². The summed E-state index contributed by atoms with van der Waals surface area (Å²) in [7, 11) is 0. The van der Waals surface area contributed by atoms with E-state index >= 15 is 0 Å². The molecule has 0 radical (unpaired) electrons. The molecule has 5 heteroatoms. The molecule has 0 bridgehead atoms. The van der Waals surface area contributed by atoms with Crippen molar-refractivity contribution in [3.8, 4) is 0 Å². The van der Waals surface area contributed by atoms with E-state index in [1.807, 2.05) is 11.8 Å². The minimum Gasteiger partial charge on any atom is -0.388 e. The number of aromatic nitrogens is 1. The van der Waals surface area contributed by atoms with Gasteiger partial charge in [-0.15, -0.1) is 0 Å². The lowest BCUT2D eigenvalue weighted by Crippen LogP contribution is -2.51. The van der Waals surface area contributed by atoms with Gasteiger partial charge in [-0.05, 0) is 76.7 Å². The Morgan fingerprint density at radius 2 is 1.78 bits per heavy atom. The van der Waals surface area contributed by atoms with Gasteiger partial charge in [0.2, 0.25) is 0 Å². The predicted octanol–water partition coefficient (Wildman–Crippen LogP) is 3.16. The van der Waals surface area contributed by atoms with Crippen LogP contribution in [0, 0.1) is 20.8 Å². The number of nitrogens with zero attached hydrogens (tertiary/aromatic N) is 2. The maximum absolute atomic E-state index is 13.1. The largest absolute Gasteiger partial charge is 0.388 e. The van der Waals surface area contributed by atoms with Gasteiger partial charge in [0.25, 0.3) is 5.91 Å². The Kier molecular flexibility index (Phi) is 4.77. The van der Waals surface area contributed by atoms with E-state index in [9.17, 15) is 9.90 Å². The molecule has 2 aliphatic rings. The molecule has 2 aromatic rings. The lowest BCUT2D eigenvalue weighted by atomic mass is 9.90. The smallest absolute Gasteiger partial charge is 0.270 e. The topological polar surface area (TPSA) is 59.6 Å². The molecule has 27 heavy (non-hydrogen) atoms. The second kappa shape index (κ2) is 6.95. The molecule has 0 aliphatic carbocycles. The lowest BCUT2D eigenvalue weighted by molar-refractivity contribution is -0.0368. The number of hydrogen-bond acceptors (Lipinski definition) is 3. The second-order valence-electron chi connectivity index (χ2n) is 8.63. The molecule has 1 aromatic carbocycles. The first-order chi connectivity index (χ1) is 12.9. The normalized spacial score (nSPS) is 20.5. The van der Waals surface area contributed by atoms with E-state index in [0.717, 1.165) is 36.1 Å². The molecule has 1 aromatic heterocycles. The van der Waals surface area contributed by atoms with Crippen molar-refractivity contribution in [1.29, 1.82) is 0 Å². The zero-order valence-electron chi connectivity index (χ0n) is 16.8. The minimum absolute atomic E-state index is 0.0592. The molecular weight excluding hydrogens is 338 g/mol. The van der Waals surface area contributed by atoms with Crippen LogP contribution in [-0.4, -0.2) is 64.1 Å². The summed E-state index contributed by atoms with van der Waals surface area (Å²) in [5, 5.41) is 12.1. The molecule has 0 spiro atoms. The molecule has 2 saturated heterocycles. The highest BCUT2D eigenvalue weighted by Gasteiger charge is 2.36. The van der Waals surface area contributed by atoms with Crippen molar-refractivity contribution in [3.05, 3.63) is 34.5 Å². The van der Waals surface area contributed by atoms with Crippen molar-refractivity contribution >= 4 is 16.8 Å². The Labute approximate surface area is 161 Å². The number of carbonyl (C=O) groups excluding carboxylic acids is 1. The second-order valence-corrected chi connectivity index (χ2v) is 8.63. The van der Waals surface area contributed by atoms with Gasteiger partial charge in [0.05, 0.1) is 5.60 Å². The third kappa shape index (κ3) is 3.50. The Bertz CT molecular complexity index is 856. The van der Waals surface area contributed by atoms with Crippen LogP contribution < -0.4 is 0 Å². The van der Waals surface area contributed by atoms with Crippen LogP contribution in [0.25, 0.3) is 10.9 Å². The van der Waals surface area contributed by atoms with Crippen LogP contribution in [0.15, 0.2) is 12.1 Å². The van der Waals surface area contributed by atoms with Crippen LogP contribution in [0.3, 0.4) is 0 Å². The first-order valence-corrected chi connectivity index (χ1v) is 10.2. The number of hydrogen-bond donors (Lipinski definition) is 2. The molecule has 2 aliphatic heterocycles. The SMILES string of the molecule is Cc1cc(C)c2[nH]c(C(=O)N3CCC(O)(CN4CCCC4)CC3)c(C)c2c1. The number of piperidine rings is 1. The quantitative estimate of drug-likeness (QED) is 0.874. The monoisotopic (exact) mass is 369 g/mol. The fraction of sp³-hybridized carbons (Fsp3) is 0.591. The molecule has 146 valence electrons. The summed E-state index contributed by atoms with van der Waals surface area (Å²) in [5.41, 5.74) is 4.52. The molecule has 0 atom stereocenters. The van der Waals surface area contributed by atoms with Gasteiger partial charge >= 0.3 is 0 Å². The van der Waals surface area contributed by atoms with Crippen LogP contribution in [-0.2, 0) is 0 Å². The van der Waals surface area contributed by atoms with Crippen molar-refractivity contribution in [2.45, 2.75) is 52.1 Å². The first-order valence-electron chi connectivity index (χ1n) is 10.2. The standard InChI is InChI=1S/C22H31N3O2/c1-15-12-16(2)19-18(13-15)17(3)20(23-19)21(26)25-10-6-22(27,7-11-25)14-24-8-4-5-9-24/h12-13,23,27H,4-11,14H2,1-3H3. The Balaban J connectivity index is 1.49. The van der Waals surface area contributed by atoms with E-state index < -0.39 is 5.60 Å². The summed E-state index contributed by atoms with van der Waals surface area (Å²) >= 11 is 0.